The molecule has 2 N–H and O–H groups in total. The first-order valence-electron chi connectivity index (χ1n) is 7.91. The highest BCUT2D eigenvalue weighted by molar-refractivity contribution is 5.93. The van der Waals surface area contributed by atoms with E-state index in [9.17, 15) is 18.4 Å². The molecule has 1 amide bonds. The first-order valence-corrected chi connectivity index (χ1v) is 7.91. The van der Waals surface area contributed by atoms with Gasteiger partial charge in [0.2, 0.25) is 5.91 Å². The van der Waals surface area contributed by atoms with Crippen molar-refractivity contribution >= 4 is 29.3 Å². The van der Waals surface area contributed by atoms with Crippen molar-refractivity contribution in [1.82, 2.24) is 0 Å². The molecule has 0 aliphatic heterocycles. The van der Waals surface area contributed by atoms with E-state index in [1.165, 1.54) is 6.08 Å². The molecule has 7 heteroatoms. The van der Waals surface area contributed by atoms with Gasteiger partial charge in [-0.3, -0.25) is 4.79 Å². The molecule has 2 aromatic carbocycles. The molecule has 136 valence electrons. The number of carbonyl (C=O) groups is 2. The molecular formula is C19H18F2N2O3. The summed E-state index contributed by atoms with van der Waals surface area (Å²) in [4.78, 5) is 23.1. The van der Waals surface area contributed by atoms with E-state index >= 15 is 0 Å². The van der Waals surface area contributed by atoms with E-state index < -0.39 is 23.5 Å². The molecule has 0 saturated heterocycles. The van der Waals surface area contributed by atoms with E-state index in [4.69, 9.17) is 4.74 Å². The van der Waals surface area contributed by atoms with Crippen molar-refractivity contribution in [1.29, 1.82) is 0 Å². The topological polar surface area (TPSA) is 67.4 Å². The number of anilines is 2. The minimum Gasteiger partial charge on any atom is -0.463 e. The van der Waals surface area contributed by atoms with Crippen molar-refractivity contribution in [2.45, 2.75) is 6.92 Å². The second kappa shape index (κ2) is 9.31. The van der Waals surface area contributed by atoms with Gasteiger partial charge >= 0.3 is 5.97 Å². The van der Waals surface area contributed by atoms with E-state index in [0.717, 1.165) is 23.8 Å². The first-order chi connectivity index (χ1) is 12.5. The summed E-state index contributed by atoms with van der Waals surface area (Å²) in [6.45, 7) is 1.97. The van der Waals surface area contributed by atoms with Gasteiger partial charge in [0.05, 0.1) is 13.2 Å². The molecule has 0 aliphatic rings. The van der Waals surface area contributed by atoms with Gasteiger partial charge in [0.15, 0.2) is 0 Å². The molecule has 0 bridgehead atoms. The first kappa shape index (κ1) is 19.1. The molecule has 0 aromatic heterocycles. The zero-order valence-corrected chi connectivity index (χ0v) is 14.1. The molecule has 26 heavy (non-hydrogen) atoms. The molecule has 0 atom stereocenters. The Morgan fingerprint density at radius 3 is 2.31 bits per heavy atom. The standard InChI is InChI=1S/C19H18F2N2O3/c1-2-26-19(25)8-5-13-3-6-16(7-4-13)22-12-18(24)23-17-10-14(20)9-15(21)11-17/h3-11,22H,2,12H2,1H3,(H,23,24)/b8-5+. The van der Waals surface area contributed by atoms with Gasteiger partial charge in [-0.05, 0) is 42.8 Å². The largest absolute Gasteiger partial charge is 0.463 e. The van der Waals surface area contributed by atoms with Crippen molar-refractivity contribution in [3.63, 3.8) is 0 Å². The van der Waals surface area contributed by atoms with Crippen molar-refractivity contribution < 1.29 is 23.1 Å². The summed E-state index contributed by atoms with van der Waals surface area (Å²) in [6.07, 6.45) is 2.95. The Bertz CT molecular complexity index is 785. The third-order valence-corrected chi connectivity index (χ3v) is 3.21. The summed E-state index contributed by atoms with van der Waals surface area (Å²) in [6, 6.07) is 9.79. The predicted molar refractivity (Wildman–Crippen MR) is 95.6 cm³/mol. The molecular weight excluding hydrogens is 342 g/mol. The number of benzene rings is 2. The fraction of sp³-hybridized carbons (Fsp3) is 0.158. The van der Waals surface area contributed by atoms with E-state index in [1.54, 1.807) is 37.3 Å². The van der Waals surface area contributed by atoms with E-state index in [2.05, 4.69) is 10.6 Å². The lowest BCUT2D eigenvalue weighted by atomic mass is 10.2. The molecule has 0 radical (unpaired) electrons. The fourth-order valence-corrected chi connectivity index (χ4v) is 2.08. The number of ether oxygens (including phenoxy) is 1. The molecule has 0 heterocycles. The lowest BCUT2D eigenvalue weighted by Crippen LogP contribution is -2.21. The van der Waals surface area contributed by atoms with Crippen LogP contribution in [0, 0.1) is 11.6 Å². The average molecular weight is 360 g/mol. The molecule has 0 fully saturated rings. The van der Waals surface area contributed by atoms with Crippen molar-refractivity contribution in [3.8, 4) is 0 Å². The maximum Gasteiger partial charge on any atom is 0.330 e. The number of hydrogen-bond donors (Lipinski definition) is 2. The van der Waals surface area contributed by atoms with E-state index in [1.807, 2.05) is 0 Å². The smallest absolute Gasteiger partial charge is 0.330 e. The van der Waals surface area contributed by atoms with E-state index in [-0.39, 0.29) is 12.2 Å². The Labute approximate surface area is 149 Å². The molecule has 0 unspecified atom stereocenters. The van der Waals surface area contributed by atoms with Crippen LogP contribution in [0.1, 0.15) is 12.5 Å². The van der Waals surface area contributed by atoms with Crippen LogP contribution in [0.25, 0.3) is 6.08 Å². The molecule has 5 nitrogen and oxygen atoms in total. The summed E-state index contributed by atoms with van der Waals surface area (Å²) in [5.41, 5.74) is 1.52. The van der Waals surface area contributed by atoms with Crippen LogP contribution in [0.5, 0.6) is 0 Å². The zero-order valence-electron chi connectivity index (χ0n) is 14.1. The van der Waals surface area contributed by atoms with Crippen LogP contribution in [0.3, 0.4) is 0 Å². The van der Waals surface area contributed by atoms with Gasteiger partial charge in [-0.2, -0.15) is 0 Å². The summed E-state index contributed by atoms with van der Waals surface area (Å²) in [7, 11) is 0. The molecule has 0 spiro atoms. The number of esters is 1. The Hall–Kier alpha value is -3.22. The third-order valence-electron chi connectivity index (χ3n) is 3.21. The highest BCUT2D eigenvalue weighted by Gasteiger charge is 2.05. The van der Waals surface area contributed by atoms with Crippen LogP contribution in [-0.4, -0.2) is 25.0 Å². The van der Waals surface area contributed by atoms with Gasteiger partial charge in [-0.15, -0.1) is 0 Å². The minimum atomic E-state index is -0.764. The number of hydrogen-bond acceptors (Lipinski definition) is 4. The van der Waals surface area contributed by atoms with Crippen LogP contribution < -0.4 is 10.6 Å². The number of nitrogens with one attached hydrogen (secondary N) is 2. The fourth-order valence-electron chi connectivity index (χ4n) is 2.08. The third kappa shape index (κ3) is 6.35. The van der Waals surface area contributed by atoms with Crippen LogP contribution in [0.2, 0.25) is 0 Å². The van der Waals surface area contributed by atoms with Crippen molar-refractivity contribution in [3.05, 3.63) is 65.7 Å². The summed E-state index contributed by atoms with van der Waals surface area (Å²) in [5, 5.41) is 5.30. The Kier molecular flexibility index (Phi) is 6.84. The summed E-state index contributed by atoms with van der Waals surface area (Å²) < 4.78 is 30.9. The van der Waals surface area contributed by atoms with Crippen LogP contribution in [0.15, 0.2) is 48.5 Å². The summed E-state index contributed by atoms with van der Waals surface area (Å²) in [5.74, 6) is -2.39. The molecule has 0 saturated carbocycles. The number of amides is 1. The maximum absolute atomic E-state index is 13.1. The Morgan fingerprint density at radius 2 is 1.69 bits per heavy atom. The van der Waals surface area contributed by atoms with Gasteiger partial charge in [0.1, 0.15) is 11.6 Å². The second-order valence-corrected chi connectivity index (χ2v) is 5.27. The van der Waals surface area contributed by atoms with Crippen LogP contribution >= 0.6 is 0 Å². The van der Waals surface area contributed by atoms with Gasteiger partial charge in [0.25, 0.3) is 0 Å². The number of carbonyl (C=O) groups excluding carboxylic acids is 2. The molecule has 2 aromatic rings. The predicted octanol–water partition coefficient (Wildman–Crippen LogP) is 3.59. The van der Waals surface area contributed by atoms with Gasteiger partial charge < -0.3 is 15.4 Å². The molecule has 2 rings (SSSR count). The average Bonchev–Trinajstić information content (AvgIpc) is 2.58. The maximum atomic E-state index is 13.1. The van der Waals surface area contributed by atoms with E-state index in [0.29, 0.717) is 12.3 Å². The second-order valence-electron chi connectivity index (χ2n) is 5.27. The Morgan fingerprint density at radius 1 is 1.04 bits per heavy atom. The minimum absolute atomic E-state index is 0.0498. The molecule has 0 aliphatic carbocycles. The monoisotopic (exact) mass is 360 g/mol. The number of halogens is 2. The summed E-state index contributed by atoms with van der Waals surface area (Å²) >= 11 is 0. The van der Waals surface area contributed by atoms with Gasteiger partial charge in [-0.25, -0.2) is 13.6 Å². The van der Waals surface area contributed by atoms with Crippen LogP contribution in [0.4, 0.5) is 20.2 Å². The van der Waals surface area contributed by atoms with Crippen LogP contribution in [-0.2, 0) is 14.3 Å². The SMILES string of the molecule is CCOC(=O)/C=C/c1ccc(NCC(=O)Nc2cc(F)cc(F)c2)cc1. The number of rotatable bonds is 7. The highest BCUT2D eigenvalue weighted by Crippen LogP contribution is 2.13. The van der Waals surface area contributed by atoms with Gasteiger partial charge in [0, 0.05) is 23.5 Å². The quantitative estimate of drug-likeness (QED) is 0.585. The Balaban J connectivity index is 1.85. The van der Waals surface area contributed by atoms with Gasteiger partial charge in [-0.1, -0.05) is 12.1 Å². The highest BCUT2D eigenvalue weighted by atomic mass is 19.1. The van der Waals surface area contributed by atoms with Crippen molar-refractivity contribution in [2.24, 2.45) is 0 Å². The zero-order chi connectivity index (χ0) is 18.9. The lowest BCUT2D eigenvalue weighted by molar-refractivity contribution is -0.137. The normalized spacial score (nSPS) is 10.6. The lowest BCUT2D eigenvalue weighted by Gasteiger charge is -2.08. The van der Waals surface area contributed by atoms with Crippen molar-refractivity contribution in [2.75, 3.05) is 23.8 Å².